The van der Waals surface area contributed by atoms with Gasteiger partial charge in [-0.05, 0) is 18.4 Å². The average Bonchev–Trinajstić information content (AvgIpc) is 2.70. The van der Waals surface area contributed by atoms with Gasteiger partial charge >= 0.3 is 11.5 Å². The number of aromatic nitrogens is 3. The summed E-state index contributed by atoms with van der Waals surface area (Å²) < 4.78 is 0.957. The Hall–Kier alpha value is -3.42. The van der Waals surface area contributed by atoms with Crippen LogP contribution < -0.4 is 15.7 Å². The lowest BCUT2D eigenvalue weighted by molar-refractivity contribution is 0.0682. The van der Waals surface area contributed by atoms with Gasteiger partial charge in [-0.15, -0.1) is 4.73 Å². The molecule has 146 valence electrons. The number of unbranched alkanes of at least 4 members (excludes halogenated alkanes) is 1. The Bertz CT molecular complexity index is 1020. The minimum absolute atomic E-state index is 0.208. The van der Waals surface area contributed by atoms with E-state index in [1.165, 1.54) is 12.5 Å². The maximum Gasteiger partial charge on any atom is 0.343 e. The Balaban J connectivity index is 2.00. The van der Waals surface area contributed by atoms with Crippen LogP contribution in [0.4, 0.5) is 5.69 Å². The van der Waals surface area contributed by atoms with E-state index in [1.54, 1.807) is 0 Å². The molecule has 3 rings (SSSR count). The number of anilines is 1. The second kappa shape index (κ2) is 8.98. The molecule has 0 atom stereocenters. The minimum Gasteiger partial charge on any atom is -0.477 e. The van der Waals surface area contributed by atoms with Gasteiger partial charge in [-0.25, -0.2) is 14.8 Å². The Morgan fingerprint density at radius 2 is 2.07 bits per heavy atom. The predicted octanol–water partition coefficient (Wildman–Crippen LogP) is 2.37. The highest BCUT2D eigenvalue weighted by atomic mass is 16.7. The number of nitrogens with one attached hydrogen (secondary N) is 1. The highest BCUT2D eigenvalue weighted by molar-refractivity contribution is 6.03. The molecule has 0 bridgehead atoms. The van der Waals surface area contributed by atoms with Crippen molar-refractivity contribution in [3.05, 3.63) is 64.3 Å². The van der Waals surface area contributed by atoms with Crippen LogP contribution in [0.3, 0.4) is 0 Å². The van der Waals surface area contributed by atoms with E-state index in [-0.39, 0.29) is 23.5 Å². The van der Waals surface area contributed by atoms with E-state index >= 15 is 0 Å². The van der Waals surface area contributed by atoms with E-state index in [4.69, 9.17) is 4.84 Å². The molecule has 2 aromatic heterocycles. The molecule has 3 aromatic rings. The van der Waals surface area contributed by atoms with Crippen LogP contribution in [-0.2, 0) is 6.42 Å². The van der Waals surface area contributed by atoms with Gasteiger partial charge < -0.3 is 15.3 Å². The fourth-order valence-electron chi connectivity index (χ4n) is 2.88. The molecule has 0 fully saturated rings. The quantitative estimate of drug-likeness (QED) is 0.547. The lowest BCUT2D eigenvalue weighted by atomic mass is 10.1. The van der Waals surface area contributed by atoms with Crippen LogP contribution >= 0.6 is 0 Å². The third-order valence-electron chi connectivity index (χ3n) is 4.29. The SMILES string of the molecule is CCCCOn1c(=O)c(C(=O)O)c(NCCc2ccccc2)c2cncnc21. The highest BCUT2D eigenvalue weighted by Crippen LogP contribution is 2.23. The van der Waals surface area contributed by atoms with Gasteiger partial charge in [-0.2, -0.15) is 0 Å². The van der Waals surface area contributed by atoms with E-state index in [0.29, 0.717) is 18.4 Å². The zero-order valence-corrected chi connectivity index (χ0v) is 15.6. The third-order valence-corrected chi connectivity index (χ3v) is 4.29. The summed E-state index contributed by atoms with van der Waals surface area (Å²) in [6.07, 6.45) is 5.07. The lowest BCUT2D eigenvalue weighted by Crippen LogP contribution is -2.34. The van der Waals surface area contributed by atoms with E-state index in [0.717, 1.165) is 23.1 Å². The summed E-state index contributed by atoms with van der Waals surface area (Å²) in [7, 11) is 0. The molecule has 0 unspecified atom stereocenters. The predicted molar refractivity (Wildman–Crippen MR) is 106 cm³/mol. The molecule has 1 aromatic carbocycles. The molecule has 0 spiro atoms. The standard InChI is InChI=1S/C20H22N4O4/c1-2-3-11-28-24-18-15(12-21-13-23-18)17(16(19(24)25)20(26)27)22-10-9-14-7-5-4-6-8-14/h4-8,12-13,22H,2-3,9-11H2,1H3,(H,26,27). The summed E-state index contributed by atoms with van der Waals surface area (Å²) in [5, 5.41) is 13.2. The number of fused-ring (bicyclic) bond motifs is 1. The summed E-state index contributed by atoms with van der Waals surface area (Å²) in [6, 6.07) is 9.79. The van der Waals surface area contributed by atoms with Crippen LogP contribution in [0.2, 0.25) is 0 Å². The maximum absolute atomic E-state index is 12.8. The van der Waals surface area contributed by atoms with Crippen molar-refractivity contribution in [1.82, 2.24) is 14.7 Å². The van der Waals surface area contributed by atoms with Crippen LogP contribution in [0.25, 0.3) is 11.0 Å². The molecular formula is C20H22N4O4. The van der Waals surface area contributed by atoms with Gasteiger partial charge in [0.05, 0.1) is 11.1 Å². The number of rotatable bonds is 9. The normalized spacial score (nSPS) is 10.8. The number of aromatic carboxylic acids is 1. The van der Waals surface area contributed by atoms with E-state index in [9.17, 15) is 14.7 Å². The van der Waals surface area contributed by atoms with Gasteiger partial charge in [0.25, 0.3) is 0 Å². The smallest absolute Gasteiger partial charge is 0.343 e. The average molecular weight is 382 g/mol. The van der Waals surface area contributed by atoms with E-state index in [1.807, 2.05) is 37.3 Å². The Morgan fingerprint density at radius 1 is 1.29 bits per heavy atom. The molecule has 0 saturated heterocycles. The monoisotopic (exact) mass is 382 g/mol. The van der Waals surface area contributed by atoms with Crippen molar-refractivity contribution in [3.63, 3.8) is 0 Å². The summed E-state index contributed by atoms with van der Waals surface area (Å²) in [4.78, 5) is 38.3. The first kappa shape index (κ1) is 19.3. The molecule has 0 aliphatic carbocycles. The number of pyridine rings is 1. The molecule has 2 heterocycles. The summed E-state index contributed by atoms with van der Waals surface area (Å²) >= 11 is 0. The van der Waals surface area contributed by atoms with Gasteiger partial charge in [-0.3, -0.25) is 4.79 Å². The second-order valence-corrected chi connectivity index (χ2v) is 6.26. The van der Waals surface area contributed by atoms with Crippen molar-refractivity contribution in [2.45, 2.75) is 26.2 Å². The van der Waals surface area contributed by atoms with Gasteiger partial charge in [-0.1, -0.05) is 43.7 Å². The fraction of sp³-hybridized carbons (Fsp3) is 0.300. The first-order valence-electron chi connectivity index (χ1n) is 9.16. The van der Waals surface area contributed by atoms with E-state index in [2.05, 4.69) is 15.3 Å². The van der Waals surface area contributed by atoms with Crippen LogP contribution in [0, 0.1) is 0 Å². The molecular weight excluding hydrogens is 360 g/mol. The van der Waals surface area contributed by atoms with Crippen LogP contribution in [-0.4, -0.2) is 38.9 Å². The van der Waals surface area contributed by atoms with Crippen molar-refractivity contribution < 1.29 is 14.7 Å². The van der Waals surface area contributed by atoms with Gasteiger partial charge in [0.1, 0.15) is 12.9 Å². The summed E-state index contributed by atoms with van der Waals surface area (Å²) in [5.74, 6) is -1.33. The number of carbonyl (C=O) groups is 1. The molecule has 0 aliphatic rings. The fourth-order valence-corrected chi connectivity index (χ4v) is 2.88. The first-order chi connectivity index (χ1) is 13.6. The number of benzene rings is 1. The molecule has 0 radical (unpaired) electrons. The van der Waals surface area contributed by atoms with Crippen LogP contribution in [0.5, 0.6) is 0 Å². The van der Waals surface area contributed by atoms with Crippen molar-refractivity contribution in [2.75, 3.05) is 18.5 Å². The highest BCUT2D eigenvalue weighted by Gasteiger charge is 2.23. The Kier molecular flexibility index (Phi) is 6.21. The molecule has 0 saturated carbocycles. The first-order valence-corrected chi connectivity index (χ1v) is 9.16. The largest absolute Gasteiger partial charge is 0.477 e. The Morgan fingerprint density at radius 3 is 2.79 bits per heavy atom. The molecule has 8 nitrogen and oxygen atoms in total. The molecule has 2 N–H and O–H groups in total. The Labute approximate surface area is 161 Å². The van der Waals surface area contributed by atoms with Gasteiger partial charge in [0, 0.05) is 12.7 Å². The van der Waals surface area contributed by atoms with Crippen molar-refractivity contribution >= 4 is 22.7 Å². The van der Waals surface area contributed by atoms with Crippen molar-refractivity contribution in [1.29, 1.82) is 0 Å². The number of carboxylic acids is 1. The summed E-state index contributed by atoms with van der Waals surface area (Å²) in [5.41, 5.74) is 0.412. The minimum atomic E-state index is -1.33. The summed E-state index contributed by atoms with van der Waals surface area (Å²) in [6.45, 7) is 2.73. The molecule has 28 heavy (non-hydrogen) atoms. The van der Waals surface area contributed by atoms with E-state index < -0.39 is 11.5 Å². The topological polar surface area (TPSA) is 106 Å². The molecule has 0 amide bonds. The van der Waals surface area contributed by atoms with Crippen molar-refractivity contribution in [2.24, 2.45) is 0 Å². The van der Waals surface area contributed by atoms with Gasteiger partial charge in [0.2, 0.25) is 0 Å². The second-order valence-electron chi connectivity index (χ2n) is 6.26. The van der Waals surface area contributed by atoms with Gasteiger partial charge in [0.15, 0.2) is 11.2 Å². The third kappa shape index (κ3) is 4.11. The molecule has 8 heteroatoms. The number of carboxylic acid groups (broad SMARTS) is 1. The zero-order chi connectivity index (χ0) is 19.9. The van der Waals surface area contributed by atoms with Crippen molar-refractivity contribution in [3.8, 4) is 0 Å². The zero-order valence-electron chi connectivity index (χ0n) is 15.6. The molecule has 0 aliphatic heterocycles. The number of nitrogens with zero attached hydrogens (tertiary/aromatic N) is 3. The maximum atomic E-state index is 12.8. The lowest BCUT2D eigenvalue weighted by Gasteiger charge is -2.16. The van der Waals surface area contributed by atoms with Crippen LogP contribution in [0.1, 0.15) is 35.7 Å². The number of hydrogen-bond acceptors (Lipinski definition) is 6. The van der Waals surface area contributed by atoms with Crippen LogP contribution in [0.15, 0.2) is 47.7 Å². The number of hydrogen-bond donors (Lipinski definition) is 2.